The van der Waals surface area contributed by atoms with Crippen molar-refractivity contribution in [3.8, 4) is 46.0 Å². The monoisotopic (exact) mass is 2040 g/mol. The van der Waals surface area contributed by atoms with Gasteiger partial charge in [0.2, 0.25) is 0 Å². The van der Waals surface area contributed by atoms with Crippen LogP contribution in [0.25, 0.3) is 0 Å². The van der Waals surface area contributed by atoms with Gasteiger partial charge in [-0.1, -0.05) is 194 Å². The Morgan fingerprint density at radius 1 is 0.299 bits per heavy atom. The predicted molar refractivity (Wildman–Crippen MR) is 590 cm³/mol. The number of aromatic hydroxyl groups is 2. The average Bonchev–Trinajstić information content (AvgIpc) is 0.833. The SMILES string of the molecule is CCCOc1cc(C(=O)OC[C@@H](C(C)CC)N(CC)CC)ccc1O.CCCOc1cc(C(=O)OC[C@H](C(C)CC)N(CC)CC)ccc1N.CCCOc1cc(N)ccc1C(=O)OC[C@@H](Cc1ccccc1)N(C)C.CCCOc1cc(N)ccc1C(=O)OC[C@H](Cc1ccccc1)N(C)C.CCCOc1cc(O)ccc1C(=O)OC[C@@H](Cc1ccccc1)N(C)C.CCOc1cc(C(=O)OC[C@H](C)N(C)C)ccc1N. The van der Waals surface area contributed by atoms with Gasteiger partial charge in [-0.2, -0.15) is 0 Å². The molecule has 810 valence electrons. The number of hydrogen-bond donors (Lipinski definition) is 6. The molecule has 30 nitrogen and oxygen atoms in total. The number of anilines is 4. The lowest BCUT2D eigenvalue weighted by Gasteiger charge is -2.33. The first kappa shape index (κ1) is 126. The van der Waals surface area contributed by atoms with Gasteiger partial charge in [0.05, 0.1) is 67.7 Å². The van der Waals surface area contributed by atoms with E-state index in [0.717, 1.165) is 90.4 Å². The highest BCUT2D eigenvalue weighted by molar-refractivity contribution is 5.95. The predicted octanol–water partition coefficient (Wildman–Crippen LogP) is 20.1. The molecule has 0 bridgehead atoms. The van der Waals surface area contributed by atoms with Crippen molar-refractivity contribution in [2.24, 2.45) is 11.8 Å². The van der Waals surface area contributed by atoms with Crippen molar-refractivity contribution < 1.29 is 95.8 Å². The van der Waals surface area contributed by atoms with Gasteiger partial charge in [0.1, 0.15) is 90.8 Å². The third kappa shape index (κ3) is 46.4. The highest BCUT2D eigenvalue weighted by atomic mass is 16.6. The molecule has 9 rings (SSSR count). The number of benzene rings is 9. The summed E-state index contributed by atoms with van der Waals surface area (Å²) in [7, 11) is 15.8. The second-order valence-corrected chi connectivity index (χ2v) is 36.7. The van der Waals surface area contributed by atoms with Gasteiger partial charge in [0, 0.05) is 65.8 Å². The molecule has 0 spiro atoms. The van der Waals surface area contributed by atoms with E-state index in [1.165, 1.54) is 41.0 Å². The van der Waals surface area contributed by atoms with E-state index in [4.69, 9.17) is 79.8 Å². The van der Waals surface area contributed by atoms with Crippen molar-refractivity contribution in [2.45, 2.75) is 204 Å². The van der Waals surface area contributed by atoms with E-state index in [0.29, 0.717) is 175 Å². The van der Waals surface area contributed by atoms with Crippen LogP contribution in [0.3, 0.4) is 0 Å². The molecule has 10 N–H and O–H groups in total. The lowest BCUT2D eigenvalue weighted by atomic mass is 9.98. The number of nitrogen functional groups attached to an aromatic ring is 4. The van der Waals surface area contributed by atoms with Gasteiger partial charge in [-0.15, -0.1) is 0 Å². The van der Waals surface area contributed by atoms with Crippen molar-refractivity contribution in [1.82, 2.24) is 29.4 Å². The standard InChI is InChI=1S/2C21H28N2O3.C21H27NO4.C20H34N2O3.C20H33NO4.C14H22N2O3/c2*1-4-12-25-20-14-17(22)10-11-19(20)21(24)26-15-18(23(2)3)13-16-8-6-5-7-9-16;1-4-12-25-20-14-18(23)10-11-19(20)21(24)26-15-17(22(2)3)13-16-8-6-5-7-9-16;1-6-12-24-19-13-16(10-11-17(19)21)20(23)25-14-18(15(5)7-2)22(8-3)9-4;1-6-12-24-19-13-16(10-11-18(19)22)20(23)25-14-17(15(5)7-2)21(8-3)9-4;1-5-18-13-8-11(6-7-12(13)15)14(17)19-9-10(2)16(3)4/h2*5-11,14,18H,4,12-13,15,22H2,1-3H3;5-11,14,17,23H,4,12-13,15H2,1-3H3;10-11,13,15,18H,6-9,12,14,21H2,1-5H3;10-11,13,15,17,22H,6-9,12,14H2,1-5H3;6-8,10H,5,9,15H2,1-4H3/t2*18-;17-;15?,18-;15?,17-;10-/m101100/s1. The molecule has 30 heteroatoms. The Bertz CT molecular complexity index is 4850. The normalized spacial score (nSPS) is 12.6. The Morgan fingerprint density at radius 3 is 0.905 bits per heavy atom. The summed E-state index contributed by atoms with van der Waals surface area (Å²) >= 11 is 0. The fraction of sp³-hybridized carbons (Fsp3) is 0.487. The molecule has 2 unspecified atom stereocenters. The number of ether oxygens (including phenoxy) is 12. The van der Waals surface area contributed by atoms with E-state index >= 15 is 0 Å². The lowest BCUT2D eigenvalue weighted by Crippen LogP contribution is -2.43. The molecule has 0 saturated carbocycles. The highest BCUT2D eigenvalue weighted by Gasteiger charge is 2.29. The van der Waals surface area contributed by atoms with Gasteiger partial charge in [-0.25, -0.2) is 28.8 Å². The number of nitrogens with two attached hydrogens (primary N) is 4. The number of carbonyl (C=O) groups excluding carboxylic acids is 6. The van der Waals surface area contributed by atoms with Crippen molar-refractivity contribution in [2.75, 3.05) is 185 Å². The first-order chi connectivity index (χ1) is 70.4. The fourth-order valence-corrected chi connectivity index (χ4v) is 14.7. The molecule has 9 aromatic rings. The summed E-state index contributed by atoms with van der Waals surface area (Å²) in [5.74, 6) is 1.34. The highest BCUT2D eigenvalue weighted by Crippen LogP contribution is 2.32. The van der Waals surface area contributed by atoms with Gasteiger partial charge >= 0.3 is 35.8 Å². The quantitative estimate of drug-likeness (QED) is 0.0117. The average molecular weight is 2040 g/mol. The van der Waals surface area contributed by atoms with Crippen LogP contribution in [0.4, 0.5) is 22.7 Å². The Balaban J connectivity index is 0.000000368. The summed E-state index contributed by atoms with van der Waals surface area (Å²) < 4.78 is 66.4. The zero-order chi connectivity index (χ0) is 109. The Labute approximate surface area is 876 Å². The van der Waals surface area contributed by atoms with Crippen LogP contribution in [0.15, 0.2) is 200 Å². The number of carbonyl (C=O) groups is 6. The van der Waals surface area contributed by atoms with Crippen LogP contribution >= 0.6 is 0 Å². The number of rotatable bonds is 55. The maximum Gasteiger partial charge on any atom is 0.341 e. The third-order valence-corrected chi connectivity index (χ3v) is 24.6. The first-order valence-electron chi connectivity index (χ1n) is 51.7. The van der Waals surface area contributed by atoms with E-state index < -0.39 is 17.9 Å². The minimum absolute atomic E-state index is 0.0330. The minimum atomic E-state index is -0.448. The molecule has 9 aromatic carbocycles. The molecule has 0 aromatic heterocycles. The zero-order valence-electron chi connectivity index (χ0n) is 91.8. The van der Waals surface area contributed by atoms with Crippen LogP contribution in [0.2, 0.25) is 0 Å². The molecule has 0 aliphatic heterocycles. The second-order valence-electron chi connectivity index (χ2n) is 36.7. The number of phenolic OH excluding ortho intramolecular Hbond substituents is 2. The van der Waals surface area contributed by atoms with Crippen molar-refractivity contribution >= 4 is 58.6 Å². The van der Waals surface area contributed by atoms with Crippen LogP contribution in [0, 0.1) is 11.8 Å². The van der Waals surface area contributed by atoms with Gasteiger partial charge < -0.3 is 110 Å². The van der Waals surface area contributed by atoms with Crippen LogP contribution in [0.1, 0.15) is 228 Å². The summed E-state index contributed by atoms with van der Waals surface area (Å²) in [6.45, 7) is 39.9. The molecular formula is C117H172N10O20. The van der Waals surface area contributed by atoms with E-state index in [-0.39, 0.29) is 72.3 Å². The summed E-state index contributed by atoms with van der Waals surface area (Å²) in [4.78, 5) is 87.3. The molecule has 0 amide bonds. The number of phenols is 2. The van der Waals surface area contributed by atoms with Gasteiger partial charge in [-0.05, 0) is 267 Å². The summed E-state index contributed by atoms with van der Waals surface area (Å²) in [5, 5.41) is 19.5. The van der Waals surface area contributed by atoms with Crippen LogP contribution < -0.4 is 51.4 Å². The first-order valence-corrected chi connectivity index (χ1v) is 51.7. The Kier molecular flexibility index (Phi) is 61.0. The maximum absolute atomic E-state index is 12.6. The fourth-order valence-electron chi connectivity index (χ4n) is 14.7. The molecule has 8 atom stereocenters. The largest absolute Gasteiger partial charge is 0.508 e. The smallest absolute Gasteiger partial charge is 0.341 e. The molecular weight excluding hydrogens is 1870 g/mol. The zero-order valence-corrected chi connectivity index (χ0v) is 91.8. The van der Waals surface area contributed by atoms with Crippen LogP contribution in [-0.4, -0.2) is 274 Å². The van der Waals surface area contributed by atoms with Crippen molar-refractivity contribution in [3.63, 3.8) is 0 Å². The maximum atomic E-state index is 12.6. The summed E-state index contributed by atoms with van der Waals surface area (Å²) in [5.41, 5.74) is 31.5. The molecule has 0 radical (unpaired) electrons. The Morgan fingerprint density at radius 2 is 0.592 bits per heavy atom. The summed E-state index contributed by atoms with van der Waals surface area (Å²) in [6.07, 6.45) is 8.71. The summed E-state index contributed by atoms with van der Waals surface area (Å²) in [6, 6.07) is 60.3. The molecule has 0 saturated heterocycles. The molecule has 0 aliphatic carbocycles. The van der Waals surface area contributed by atoms with Crippen molar-refractivity contribution in [1.29, 1.82) is 0 Å². The van der Waals surface area contributed by atoms with Crippen LogP contribution in [0.5, 0.6) is 46.0 Å². The van der Waals surface area contributed by atoms with Gasteiger partial charge in [-0.3, -0.25) is 9.80 Å². The third-order valence-electron chi connectivity index (χ3n) is 24.6. The van der Waals surface area contributed by atoms with Gasteiger partial charge in [0.15, 0.2) is 11.5 Å². The Hall–Kier alpha value is -12.8. The number of hydrogen-bond acceptors (Lipinski definition) is 30. The van der Waals surface area contributed by atoms with E-state index in [9.17, 15) is 39.0 Å². The number of nitrogens with zero attached hydrogens (tertiary/aromatic N) is 6. The van der Waals surface area contributed by atoms with E-state index in [2.05, 4.69) is 111 Å². The molecule has 147 heavy (non-hydrogen) atoms. The minimum Gasteiger partial charge on any atom is -0.508 e. The van der Waals surface area contributed by atoms with E-state index in [1.54, 1.807) is 84.9 Å². The lowest BCUT2D eigenvalue weighted by molar-refractivity contribution is 0.0265. The second kappa shape index (κ2) is 70.9. The van der Waals surface area contributed by atoms with Gasteiger partial charge in [0.25, 0.3) is 0 Å². The van der Waals surface area contributed by atoms with E-state index in [1.807, 2.05) is 169 Å². The molecule has 0 heterocycles. The number of likely N-dealkylation sites (N-methyl/N-ethyl adjacent to an activating group) is 6. The topological polar surface area (TPSA) is 377 Å². The van der Waals surface area contributed by atoms with Crippen LogP contribution in [-0.2, 0) is 47.7 Å². The van der Waals surface area contributed by atoms with Crippen molar-refractivity contribution in [3.05, 3.63) is 250 Å². The molecule has 0 fully saturated rings. The molecule has 0 aliphatic rings. The number of esters is 6.